The van der Waals surface area contributed by atoms with Gasteiger partial charge in [0.15, 0.2) is 0 Å². The Kier molecular flexibility index (Phi) is 4.54. The Bertz CT molecular complexity index is 446. The summed E-state index contributed by atoms with van der Waals surface area (Å²) in [6.07, 6.45) is -0.127. The van der Waals surface area contributed by atoms with Gasteiger partial charge in [-0.2, -0.15) is 0 Å². The largest absolute Gasteiger partial charge is 0.496 e. The quantitative estimate of drug-likeness (QED) is 0.896. The third kappa shape index (κ3) is 2.98. The maximum atomic E-state index is 10.7. The third-order valence-electron chi connectivity index (χ3n) is 2.59. The Morgan fingerprint density at radius 1 is 1.53 bits per heavy atom. The number of carboxylic acids is 1. The lowest BCUT2D eigenvalue weighted by Gasteiger charge is -2.19. The number of aliphatic carboxylic acids is 1. The summed E-state index contributed by atoms with van der Waals surface area (Å²) >= 11 is 3.44. The van der Waals surface area contributed by atoms with Gasteiger partial charge in [-0.3, -0.25) is 4.79 Å². The number of halogens is 1. The van der Waals surface area contributed by atoms with Crippen molar-refractivity contribution in [3.63, 3.8) is 0 Å². The second-order valence-corrected chi connectivity index (χ2v) is 4.77. The minimum atomic E-state index is -0.925. The minimum absolute atomic E-state index is 0.127. The summed E-state index contributed by atoms with van der Waals surface area (Å²) in [7, 11) is 1.56. The number of hydrogen-bond acceptors (Lipinski definition) is 3. The van der Waals surface area contributed by atoms with Gasteiger partial charge < -0.3 is 15.6 Å². The molecule has 0 heterocycles. The molecular formula is C12H16BrNO3. The molecule has 0 radical (unpaired) electrons. The lowest BCUT2D eigenvalue weighted by atomic mass is 9.98. The fourth-order valence-electron chi connectivity index (χ4n) is 1.87. The standard InChI is InChI=1S/C12H16BrNO3/c1-6-4-7(2)12(17-3)10(11(6)13)8(14)5-9(15)16/h4,8H,5,14H2,1-3H3,(H,15,16). The van der Waals surface area contributed by atoms with Crippen molar-refractivity contribution in [1.82, 2.24) is 0 Å². The van der Waals surface area contributed by atoms with Gasteiger partial charge in [-0.1, -0.05) is 22.0 Å². The molecule has 0 amide bonds. The van der Waals surface area contributed by atoms with Crippen LogP contribution in [0.5, 0.6) is 5.75 Å². The fourth-order valence-corrected chi connectivity index (χ4v) is 2.46. The molecule has 0 aliphatic carbocycles. The van der Waals surface area contributed by atoms with E-state index in [1.54, 1.807) is 7.11 Å². The highest BCUT2D eigenvalue weighted by molar-refractivity contribution is 9.10. The molecule has 4 nitrogen and oxygen atoms in total. The summed E-state index contributed by atoms with van der Waals surface area (Å²) in [5.41, 5.74) is 8.60. The topological polar surface area (TPSA) is 72.5 Å². The van der Waals surface area contributed by atoms with Crippen molar-refractivity contribution in [3.05, 3.63) is 27.2 Å². The number of methoxy groups -OCH3 is 1. The van der Waals surface area contributed by atoms with Crippen LogP contribution in [0.1, 0.15) is 29.2 Å². The van der Waals surface area contributed by atoms with Crippen LogP contribution in [-0.2, 0) is 4.79 Å². The van der Waals surface area contributed by atoms with Crippen LogP contribution in [0.15, 0.2) is 10.5 Å². The number of benzene rings is 1. The zero-order chi connectivity index (χ0) is 13.2. The summed E-state index contributed by atoms with van der Waals surface area (Å²) < 4.78 is 6.13. The van der Waals surface area contributed by atoms with Crippen molar-refractivity contribution < 1.29 is 14.6 Å². The van der Waals surface area contributed by atoms with Crippen molar-refractivity contribution in [3.8, 4) is 5.75 Å². The van der Waals surface area contributed by atoms with Crippen molar-refractivity contribution in [2.24, 2.45) is 5.73 Å². The van der Waals surface area contributed by atoms with Crippen molar-refractivity contribution in [2.75, 3.05) is 7.11 Å². The maximum absolute atomic E-state index is 10.7. The molecule has 0 aromatic heterocycles. The second kappa shape index (κ2) is 5.51. The summed E-state index contributed by atoms with van der Waals surface area (Å²) in [4.78, 5) is 10.7. The Balaban J connectivity index is 3.33. The van der Waals surface area contributed by atoms with Crippen molar-refractivity contribution in [2.45, 2.75) is 26.3 Å². The van der Waals surface area contributed by atoms with E-state index in [1.165, 1.54) is 0 Å². The first-order valence-electron chi connectivity index (χ1n) is 5.19. The van der Waals surface area contributed by atoms with Crippen LogP contribution in [-0.4, -0.2) is 18.2 Å². The van der Waals surface area contributed by atoms with Crippen LogP contribution in [0.2, 0.25) is 0 Å². The monoisotopic (exact) mass is 301 g/mol. The number of ether oxygens (including phenoxy) is 1. The van der Waals surface area contributed by atoms with E-state index in [0.29, 0.717) is 11.3 Å². The van der Waals surface area contributed by atoms with Gasteiger partial charge in [0, 0.05) is 16.1 Å². The zero-order valence-electron chi connectivity index (χ0n) is 10.1. The van der Waals surface area contributed by atoms with E-state index < -0.39 is 12.0 Å². The molecule has 0 spiro atoms. The molecule has 0 fully saturated rings. The summed E-state index contributed by atoms with van der Waals surface area (Å²) in [6.45, 7) is 3.85. The van der Waals surface area contributed by atoms with Crippen molar-refractivity contribution in [1.29, 1.82) is 0 Å². The van der Waals surface area contributed by atoms with E-state index in [-0.39, 0.29) is 6.42 Å². The summed E-state index contributed by atoms with van der Waals surface area (Å²) in [5, 5.41) is 8.80. The SMILES string of the molecule is COc1c(C)cc(C)c(Br)c1C(N)CC(=O)O. The summed E-state index contributed by atoms with van der Waals surface area (Å²) in [6, 6.07) is 1.38. The lowest BCUT2D eigenvalue weighted by molar-refractivity contribution is -0.137. The average Bonchev–Trinajstić information content (AvgIpc) is 2.21. The number of rotatable bonds is 4. The van der Waals surface area contributed by atoms with Gasteiger partial charge in [-0.25, -0.2) is 0 Å². The first-order chi connectivity index (χ1) is 7.88. The van der Waals surface area contributed by atoms with E-state index in [4.69, 9.17) is 15.6 Å². The van der Waals surface area contributed by atoms with Gasteiger partial charge >= 0.3 is 5.97 Å². The third-order valence-corrected chi connectivity index (χ3v) is 3.64. The van der Waals surface area contributed by atoms with Crippen LogP contribution in [0.3, 0.4) is 0 Å². The van der Waals surface area contributed by atoms with Crippen LogP contribution in [0.25, 0.3) is 0 Å². The Morgan fingerprint density at radius 3 is 2.59 bits per heavy atom. The molecule has 17 heavy (non-hydrogen) atoms. The number of nitrogens with two attached hydrogens (primary N) is 1. The van der Waals surface area contributed by atoms with E-state index >= 15 is 0 Å². The Labute approximate surface area is 109 Å². The highest BCUT2D eigenvalue weighted by Gasteiger charge is 2.21. The number of hydrogen-bond donors (Lipinski definition) is 2. The molecule has 3 N–H and O–H groups in total. The summed E-state index contributed by atoms with van der Waals surface area (Å²) in [5.74, 6) is -0.276. The van der Waals surface area contributed by atoms with Gasteiger partial charge in [0.2, 0.25) is 0 Å². The van der Waals surface area contributed by atoms with Crippen LogP contribution in [0, 0.1) is 13.8 Å². The van der Waals surface area contributed by atoms with Gasteiger partial charge in [-0.15, -0.1) is 0 Å². The average molecular weight is 302 g/mol. The Hall–Kier alpha value is -1.07. The maximum Gasteiger partial charge on any atom is 0.305 e. The molecule has 1 rings (SSSR count). The molecule has 0 bridgehead atoms. The molecule has 1 aromatic rings. The normalized spacial score (nSPS) is 12.3. The highest BCUT2D eigenvalue weighted by Crippen LogP contribution is 2.37. The number of aryl methyl sites for hydroxylation is 2. The first kappa shape index (κ1) is 14.0. The number of carbonyl (C=O) groups is 1. The molecule has 94 valence electrons. The molecule has 5 heteroatoms. The van der Waals surface area contributed by atoms with Crippen LogP contribution >= 0.6 is 15.9 Å². The predicted molar refractivity (Wildman–Crippen MR) is 69.3 cm³/mol. The van der Waals surface area contributed by atoms with E-state index in [9.17, 15) is 4.79 Å². The molecule has 1 aromatic carbocycles. The fraction of sp³-hybridized carbons (Fsp3) is 0.417. The molecule has 0 aliphatic heterocycles. The van der Waals surface area contributed by atoms with Gasteiger partial charge in [0.1, 0.15) is 5.75 Å². The van der Waals surface area contributed by atoms with Gasteiger partial charge in [0.25, 0.3) is 0 Å². The van der Waals surface area contributed by atoms with Crippen LogP contribution in [0.4, 0.5) is 0 Å². The molecule has 1 atom stereocenters. The van der Waals surface area contributed by atoms with Gasteiger partial charge in [0.05, 0.1) is 13.5 Å². The predicted octanol–water partition coefficient (Wildman–Crippen LogP) is 2.55. The Morgan fingerprint density at radius 2 is 2.12 bits per heavy atom. The molecule has 1 unspecified atom stereocenters. The minimum Gasteiger partial charge on any atom is -0.496 e. The first-order valence-corrected chi connectivity index (χ1v) is 5.98. The van der Waals surface area contributed by atoms with E-state index in [2.05, 4.69) is 15.9 Å². The zero-order valence-corrected chi connectivity index (χ0v) is 11.7. The lowest BCUT2D eigenvalue weighted by Crippen LogP contribution is -2.17. The number of carboxylic acid groups (broad SMARTS) is 1. The van der Waals surface area contributed by atoms with E-state index in [1.807, 2.05) is 19.9 Å². The molecular weight excluding hydrogens is 286 g/mol. The van der Waals surface area contributed by atoms with Gasteiger partial charge in [-0.05, 0) is 25.0 Å². The smallest absolute Gasteiger partial charge is 0.305 e. The molecule has 0 saturated heterocycles. The van der Waals surface area contributed by atoms with E-state index in [0.717, 1.165) is 15.6 Å². The van der Waals surface area contributed by atoms with Crippen molar-refractivity contribution >= 4 is 21.9 Å². The second-order valence-electron chi connectivity index (χ2n) is 3.98. The highest BCUT2D eigenvalue weighted by atomic mass is 79.9. The van der Waals surface area contributed by atoms with Crippen LogP contribution < -0.4 is 10.5 Å². The molecule has 0 saturated carbocycles. The molecule has 0 aliphatic rings.